The average Bonchev–Trinajstić information content (AvgIpc) is 2.84. The first-order valence-electron chi connectivity index (χ1n) is 5.81. The van der Waals surface area contributed by atoms with E-state index in [0.29, 0.717) is 32.6 Å². The molecular formula is C10H17NO5S. The van der Waals surface area contributed by atoms with Crippen LogP contribution in [0.25, 0.3) is 0 Å². The summed E-state index contributed by atoms with van der Waals surface area (Å²) in [5.41, 5.74) is 0. The first kappa shape index (κ1) is 12.8. The van der Waals surface area contributed by atoms with E-state index in [1.807, 2.05) is 0 Å². The molecule has 2 rings (SSSR count). The van der Waals surface area contributed by atoms with Crippen molar-refractivity contribution in [3.8, 4) is 0 Å². The predicted octanol–water partition coefficient (Wildman–Crippen LogP) is -0.0983. The number of aliphatic carboxylic acids is 1. The highest BCUT2D eigenvalue weighted by Crippen LogP contribution is 2.24. The summed E-state index contributed by atoms with van der Waals surface area (Å²) in [6.45, 7) is 1.39. The standard InChI is InChI=1S/C10H17NO5S/c12-10(13)9-2-1-4-11(9)17(14,15)7-8-3-5-16-6-8/h8-9H,1-7H2,(H,12,13). The van der Waals surface area contributed by atoms with Crippen LogP contribution in [0.15, 0.2) is 0 Å². The van der Waals surface area contributed by atoms with Crippen molar-refractivity contribution in [3.63, 3.8) is 0 Å². The van der Waals surface area contributed by atoms with Crippen molar-refractivity contribution in [2.45, 2.75) is 25.3 Å². The van der Waals surface area contributed by atoms with Gasteiger partial charge in [0.15, 0.2) is 0 Å². The maximum Gasteiger partial charge on any atom is 0.322 e. The fourth-order valence-electron chi connectivity index (χ4n) is 2.43. The second-order valence-electron chi connectivity index (χ2n) is 4.62. The molecule has 98 valence electrons. The Hall–Kier alpha value is -0.660. The van der Waals surface area contributed by atoms with E-state index in [1.54, 1.807) is 0 Å². The average molecular weight is 263 g/mol. The summed E-state index contributed by atoms with van der Waals surface area (Å²) >= 11 is 0. The van der Waals surface area contributed by atoms with E-state index in [-0.39, 0.29) is 11.7 Å². The van der Waals surface area contributed by atoms with Crippen LogP contribution < -0.4 is 0 Å². The second-order valence-corrected chi connectivity index (χ2v) is 6.58. The lowest BCUT2D eigenvalue weighted by Gasteiger charge is -2.22. The zero-order chi connectivity index (χ0) is 12.5. The van der Waals surface area contributed by atoms with Crippen molar-refractivity contribution in [2.24, 2.45) is 5.92 Å². The largest absolute Gasteiger partial charge is 0.480 e. The van der Waals surface area contributed by atoms with Gasteiger partial charge < -0.3 is 9.84 Å². The van der Waals surface area contributed by atoms with Gasteiger partial charge in [-0.3, -0.25) is 4.79 Å². The minimum Gasteiger partial charge on any atom is -0.480 e. The third-order valence-corrected chi connectivity index (χ3v) is 5.36. The molecule has 2 aliphatic heterocycles. The molecule has 0 aromatic heterocycles. The van der Waals surface area contributed by atoms with E-state index in [1.165, 1.54) is 0 Å². The fourth-order valence-corrected chi connectivity index (χ4v) is 4.47. The van der Waals surface area contributed by atoms with E-state index in [0.717, 1.165) is 10.7 Å². The normalized spacial score (nSPS) is 30.8. The van der Waals surface area contributed by atoms with Crippen molar-refractivity contribution in [3.05, 3.63) is 0 Å². The molecule has 0 radical (unpaired) electrons. The van der Waals surface area contributed by atoms with Gasteiger partial charge in [-0.25, -0.2) is 8.42 Å². The molecule has 7 heteroatoms. The number of carboxylic acids is 1. The molecule has 0 aliphatic carbocycles. The summed E-state index contributed by atoms with van der Waals surface area (Å²) < 4.78 is 30.5. The molecule has 0 amide bonds. The molecule has 0 aromatic rings. The Balaban J connectivity index is 2.06. The number of carboxylic acid groups (broad SMARTS) is 1. The topological polar surface area (TPSA) is 83.9 Å². The van der Waals surface area contributed by atoms with Gasteiger partial charge in [-0.1, -0.05) is 0 Å². The molecule has 2 heterocycles. The SMILES string of the molecule is O=C(O)C1CCCN1S(=O)(=O)CC1CCOC1. The van der Waals surface area contributed by atoms with Crippen LogP contribution >= 0.6 is 0 Å². The Labute approximate surface area is 101 Å². The van der Waals surface area contributed by atoms with E-state index >= 15 is 0 Å². The molecule has 17 heavy (non-hydrogen) atoms. The zero-order valence-corrected chi connectivity index (χ0v) is 10.4. The quantitative estimate of drug-likeness (QED) is 0.766. The summed E-state index contributed by atoms with van der Waals surface area (Å²) in [6, 6.07) is -0.873. The Morgan fingerprint density at radius 2 is 2.18 bits per heavy atom. The van der Waals surface area contributed by atoms with Gasteiger partial charge in [0.05, 0.1) is 12.4 Å². The molecule has 0 bridgehead atoms. The molecule has 0 spiro atoms. The highest BCUT2D eigenvalue weighted by molar-refractivity contribution is 7.89. The number of sulfonamides is 1. The molecule has 0 saturated carbocycles. The van der Waals surface area contributed by atoms with E-state index in [2.05, 4.69) is 0 Å². The Bertz CT molecular complexity index is 388. The number of carbonyl (C=O) groups is 1. The van der Waals surface area contributed by atoms with E-state index < -0.39 is 22.0 Å². The summed E-state index contributed by atoms with van der Waals surface area (Å²) in [6.07, 6.45) is 1.78. The maximum atomic E-state index is 12.1. The van der Waals surface area contributed by atoms with Crippen LogP contribution in [0.5, 0.6) is 0 Å². The van der Waals surface area contributed by atoms with Crippen LogP contribution in [0.3, 0.4) is 0 Å². The molecular weight excluding hydrogens is 246 g/mol. The summed E-state index contributed by atoms with van der Waals surface area (Å²) in [5.74, 6) is -1.03. The third kappa shape index (κ3) is 2.78. The van der Waals surface area contributed by atoms with Crippen LogP contribution in [-0.4, -0.2) is 55.4 Å². The number of ether oxygens (including phenoxy) is 1. The van der Waals surface area contributed by atoms with Gasteiger partial charge in [0.1, 0.15) is 6.04 Å². The van der Waals surface area contributed by atoms with Gasteiger partial charge >= 0.3 is 5.97 Å². The minimum absolute atomic E-state index is 0.00930. The fraction of sp³-hybridized carbons (Fsp3) is 0.900. The molecule has 6 nitrogen and oxygen atoms in total. The Morgan fingerprint density at radius 3 is 2.76 bits per heavy atom. The number of hydrogen-bond acceptors (Lipinski definition) is 4. The van der Waals surface area contributed by atoms with Crippen LogP contribution in [0, 0.1) is 5.92 Å². The van der Waals surface area contributed by atoms with Crippen LogP contribution in [0.2, 0.25) is 0 Å². The van der Waals surface area contributed by atoms with Crippen molar-refractivity contribution in [1.29, 1.82) is 0 Å². The first-order valence-corrected chi connectivity index (χ1v) is 7.41. The highest BCUT2D eigenvalue weighted by atomic mass is 32.2. The minimum atomic E-state index is -3.47. The van der Waals surface area contributed by atoms with Crippen molar-refractivity contribution in [1.82, 2.24) is 4.31 Å². The van der Waals surface area contributed by atoms with Crippen molar-refractivity contribution >= 4 is 16.0 Å². The van der Waals surface area contributed by atoms with Gasteiger partial charge in [-0.2, -0.15) is 4.31 Å². The van der Waals surface area contributed by atoms with Gasteiger partial charge in [-0.05, 0) is 25.2 Å². The van der Waals surface area contributed by atoms with Gasteiger partial charge in [0, 0.05) is 13.2 Å². The lowest BCUT2D eigenvalue weighted by atomic mass is 10.2. The molecule has 2 fully saturated rings. The monoisotopic (exact) mass is 263 g/mol. The van der Waals surface area contributed by atoms with E-state index in [4.69, 9.17) is 9.84 Å². The summed E-state index contributed by atoms with van der Waals surface area (Å²) in [7, 11) is -3.47. The molecule has 2 atom stereocenters. The molecule has 1 N–H and O–H groups in total. The van der Waals surface area contributed by atoms with Crippen LogP contribution in [0.4, 0.5) is 0 Å². The number of rotatable bonds is 4. The zero-order valence-electron chi connectivity index (χ0n) is 9.54. The van der Waals surface area contributed by atoms with Gasteiger partial charge in [-0.15, -0.1) is 0 Å². The lowest BCUT2D eigenvalue weighted by Crippen LogP contribution is -2.42. The lowest BCUT2D eigenvalue weighted by molar-refractivity contribution is -0.140. The van der Waals surface area contributed by atoms with Gasteiger partial charge in [0.25, 0.3) is 0 Å². The van der Waals surface area contributed by atoms with Crippen LogP contribution in [0.1, 0.15) is 19.3 Å². The van der Waals surface area contributed by atoms with Crippen molar-refractivity contribution in [2.75, 3.05) is 25.5 Å². The number of nitrogens with zero attached hydrogens (tertiary/aromatic N) is 1. The van der Waals surface area contributed by atoms with E-state index in [9.17, 15) is 13.2 Å². The highest BCUT2D eigenvalue weighted by Gasteiger charge is 2.39. The first-order chi connectivity index (χ1) is 8.00. The van der Waals surface area contributed by atoms with Crippen LogP contribution in [-0.2, 0) is 19.6 Å². The Morgan fingerprint density at radius 1 is 1.41 bits per heavy atom. The molecule has 2 unspecified atom stereocenters. The third-order valence-electron chi connectivity index (χ3n) is 3.32. The van der Waals surface area contributed by atoms with Crippen molar-refractivity contribution < 1.29 is 23.1 Å². The molecule has 0 aromatic carbocycles. The molecule has 2 aliphatic rings. The summed E-state index contributed by atoms with van der Waals surface area (Å²) in [5, 5.41) is 8.98. The second kappa shape index (κ2) is 4.91. The smallest absolute Gasteiger partial charge is 0.322 e. The maximum absolute atomic E-state index is 12.1. The number of hydrogen-bond donors (Lipinski definition) is 1. The summed E-state index contributed by atoms with van der Waals surface area (Å²) in [4.78, 5) is 11.0. The molecule has 2 saturated heterocycles. The predicted molar refractivity (Wildman–Crippen MR) is 60.1 cm³/mol. The Kier molecular flexibility index (Phi) is 3.70. The van der Waals surface area contributed by atoms with Gasteiger partial charge in [0.2, 0.25) is 10.0 Å².